The number of ether oxygens (including phenoxy) is 2. The molecule has 0 aliphatic heterocycles. The first-order valence-corrected chi connectivity index (χ1v) is 9.51. The van der Waals surface area contributed by atoms with Crippen LogP contribution in [0.4, 0.5) is 5.69 Å². The third-order valence-corrected chi connectivity index (χ3v) is 4.87. The quantitative estimate of drug-likeness (QED) is 0.768. The van der Waals surface area contributed by atoms with Gasteiger partial charge in [-0.25, -0.2) is 8.42 Å². The molecule has 1 N–H and O–H groups in total. The fraction of sp³-hybridized carbons (Fsp3) is 0.562. The normalized spacial score (nSPS) is 12.4. The summed E-state index contributed by atoms with van der Waals surface area (Å²) in [4.78, 5) is 12.6. The Hall–Kier alpha value is -1.96. The lowest BCUT2D eigenvalue weighted by Gasteiger charge is -2.23. The van der Waals surface area contributed by atoms with Gasteiger partial charge in [0.1, 0.15) is 0 Å². The molecule has 0 spiro atoms. The molecule has 1 rings (SSSR count). The summed E-state index contributed by atoms with van der Waals surface area (Å²) in [7, 11) is 0.761. The molecule has 0 bridgehead atoms. The average Bonchev–Trinajstić information content (AvgIpc) is 2.51. The maximum atomic E-state index is 12.6. The van der Waals surface area contributed by atoms with Crippen LogP contribution in [-0.4, -0.2) is 47.9 Å². The smallest absolute Gasteiger partial charge is 0.253 e. The van der Waals surface area contributed by atoms with Crippen molar-refractivity contribution >= 4 is 21.6 Å². The Morgan fingerprint density at radius 3 is 2.25 bits per heavy atom. The number of amides is 1. The second-order valence-electron chi connectivity index (χ2n) is 5.62. The lowest BCUT2D eigenvalue weighted by molar-refractivity contribution is 0.0938. The fourth-order valence-electron chi connectivity index (χ4n) is 2.30. The Balaban J connectivity index is 3.41. The Labute approximate surface area is 144 Å². The molecule has 0 aliphatic carbocycles. The van der Waals surface area contributed by atoms with Gasteiger partial charge in [-0.1, -0.05) is 13.3 Å². The van der Waals surface area contributed by atoms with Crippen LogP contribution in [0.5, 0.6) is 11.5 Å². The largest absolute Gasteiger partial charge is 0.493 e. The van der Waals surface area contributed by atoms with E-state index in [2.05, 4.69) is 5.32 Å². The van der Waals surface area contributed by atoms with Gasteiger partial charge >= 0.3 is 0 Å². The van der Waals surface area contributed by atoms with Gasteiger partial charge in [0.2, 0.25) is 10.0 Å². The number of rotatable bonds is 8. The summed E-state index contributed by atoms with van der Waals surface area (Å²) in [6, 6.07) is 2.95. The molecule has 7 nitrogen and oxygen atoms in total. The van der Waals surface area contributed by atoms with Gasteiger partial charge in [0, 0.05) is 19.2 Å². The number of carbonyl (C=O) groups is 1. The molecule has 24 heavy (non-hydrogen) atoms. The van der Waals surface area contributed by atoms with Crippen LogP contribution in [0.15, 0.2) is 12.1 Å². The molecule has 0 aromatic heterocycles. The number of sulfonamides is 1. The zero-order valence-corrected chi connectivity index (χ0v) is 15.9. The van der Waals surface area contributed by atoms with E-state index in [-0.39, 0.29) is 23.2 Å². The first kappa shape index (κ1) is 20.1. The molecule has 0 unspecified atom stereocenters. The van der Waals surface area contributed by atoms with Crippen molar-refractivity contribution in [2.45, 2.75) is 32.7 Å². The molecule has 8 heteroatoms. The van der Waals surface area contributed by atoms with Gasteiger partial charge in [-0.3, -0.25) is 9.10 Å². The number of hydrogen-bond acceptors (Lipinski definition) is 5. The number of methoxy groups -OCH3 is 2. The lowest BCUT2D eigenvalue weighted by Crippen LogP contribution is -2.34. The number of carbonyl (C=O) groups excluding carboxylic acids is 1. The third kappa shape index (κ3) is 4.77. The Bertz CT molecular complexity index is 688. The highest BCUT2D eigenvalue weighted by Crippen LogP contribution is 2.35. The first-order chi connectivity index (χ1) is 11.1. The minimum absolute atomic E-state index is 0.0213. The molecule has 1 aromatic carbocycles. The van der Waals surface area contributed by atoms with Crippen LogP contribution in [0.3, 0.4) is 0 Å². The number of anilines is 1. The van der Waals surface area contributed by atoms with Crippen molar-refractivity contribution in [1.82, 2.24) is 5.32 Å². The summed E-state index contributed by atoms with van der Waals surface area (Å²) in [5.41, 5.74) is 0.444. The van der Waals surface area contributed by atoms with E-state index >= 15 is 0 Å². The van der Waals surface area contributed by atoms with Crippen LogP contribution in [0.25, 0.3) is 0 Å². The minimum Gasteiger partial charge on any atom is -0.493 e. The Morgan fingerprint density at radius 2 is 1.79 bits per heavy atom. The molecular weight excluding hydrogens is 332 g/mol. The minimum atomic E-state index is -3.54. The van der Waals surface area contributed by atoms with E-state index in [0.29, 0.717) is 11.5 Å². The summed E-state index contributed by atoms with van der Waals surface area (Å²) < 4.78 is 35.3. The van der Waals surface area contributed by atoms with Crippen molar-refractivity contribution in [2.75, 3.05) is 31.8 Å². The maximum absolute atomic E-state index is 12.6. The van der Waals surface area contributed by atoms with Crippen LogP contribution in [0.2, 0.25) is 0 Å². The zero-order chi connectivity index (χ0) is 18.5. The monoisotopic (exact) mass is 358 g/mol. The van der Waals surface area contributed by atoms with Crippen LogP contribution < -0.4 is 19.1 Å². The van der Waals surface area contributed by atoms with Crippen molar-refractivity contribution in [1.29, 1.82) is 0 Å². The van der Waals surface area contributed by atoms with E-state index in [0.717, 1.165) is 23.4 Å². The number of benzene rings is 1. The summed E-state index contributed by atoms with van der Waals surface area (Å²) in [6.45, 7) is 3.93. The summed E-state index contributed by atoms with van der Waals surface area (Å²) in [5.74, 6) is 0.347. The van der Waals surface area contributed by atoms with Gasteiger partial charge in [0.15, 0.2) is 11.5 Å². The van der Waals surface area contributed by atoms with Gasteiger partial charge in [-0.15, -0.1) is 0 Å². The van der Waals surface area contributed by atoms with E-state index in [1.165, 1.54) is 33.4 Å². The van der Waals surface area contributed by atoms with Crippen molar-refractivity contribution < 1.29 is 22.7 Å². The van der Waals surface area contributed by atoms with Crippen molar-refractivity contribution in [2.24, 2.45) is 0 Å². The Morgan fingerprint density at radius 1 is 1.25 bits per heavy atom. The summed E-state index contributed by atoms with van der Waals surface area (Å²) in [5, 5.41) is 2.88. The molecule has 0 radical (unpaired) electrons. The molecule has 0 aliphatic rings. The van der Waals surface area contributed by atoms with Gasteiger partial charge in [0.25, 0.3) is 5.91 Å². The van der Waals surface area contributed by atoms with Crippen molar-refractivity contribution in [3.8, 4) is 11.5 Å². The summed E-state index contributed by atoms with van der Waals surface area (Å²) >= 11 is 0. The highest BCUT2D eigenvalue weighted by Gasteiger charge is 2.24. The predicted molar refractivity (Wildman–Crippen MR) is 94.6 cm³/mol. The topological polar surface area (TPSA) is 84.9 Å². The molecule has 1 aromatic rings. The van der Waals surface area contributed by atoms with Gasteiger partial charge in [-0.2, -0.15) is 0 Å². The average molecular weight is 358 g/mol. The van der Waals surface area contributed by atoms with E-state index in [1.54, 1.807) is 0 Å². The van der Waals surface area contributed by atoms with Crippen LogP contribution >= 0.6 is 0 Å². The van der Waals surface area contributed by atoms with E-state index in [1.807, 2.05) is 13.8 Å². The van der Waals surface area contributed by atoms with E-state index in [4.69, 9.17) is 9.47 Å². The number of hydrogen-bond donors (Lipinski definition) is 1. The molecule has 136 valence electrons. The number of nitrogens with one attached hydrogen (secondary N) is 1. The molecular formula is C16H26N2O5S. The molecule has 0 saturated heterocycles. The zero-order valence-electron chi connectivity index (χ0n) is 15.0. The predicted octanol–water partition coefficient (Wildman–Crippen LogP) is 2.02. The first-order valence-electron chi connectivity index (χ1n) is 7.66. The fourth-order valence-corrected chi connectivity index (χ4v) is 2.80. The highest BCUT2D eigenvalue weighted by atomic mass is 32.2. The summed E-state index contributed by atoms with van der Waals surface area (Å²) in [6.07, 6.45) is 2.84. The van der Waals surface area contributed by atoms with Crippen LogP contribution in [-0.2, 0) is 10.0 Å². The molecule has 1 amide bonds. The van der Waals surface area contributed by atoms with Crippen molar-refractivity contribution in [3.05, 3.63) is 17.7 Å². The van der Waals surface area contributed by atoms with Gasteiger partial charge < -0.3 is 14.8 Å². The molecule has 1 atom stereocenters. The highest BCUT2D eigenvalue weighted by molar-refractivity contribution is 7.92. The maximum Gasteiger partial charge on any atom is 0.253 e. The SMILES string of the molecule is CCC[C@H](C)NC(=O)c1cc(OC)c(OC)cc1N(C)S(C)(=O)=O. The molecule has 0 heterocycles. The Kier molecular flexibility index (Phi) is 6.89. The number of nitrogens with zero attached hydrogens (tertiary/aromatic N) is 1. The van der Waals surface area contributed by atoms with E-state index < -0.39 is 10.0 Å². The third-order valence-electron chi connectivity index (χ3n) is 3.68. The lowest BCUT2D eigenvalue weighted by atomic mass is 10.1. The van der Waals surface area contributed by atoms with E-state index in [9.17, 15) is 13.2 Å². The van der Waals surface area contributed by atoms with Gasteiger partial charge in [0.05, 0.1) is 31.7 Å². The van der Waals surface area contributed by atoms with Crippen molar-refractivity contribution in [3.63, 3.8) is 0 Å². The standard InChI is InChI=1S/C16H26N2O5S/c1-7-8-11(2)17-16(19)12-9-14(22-4)15(23-5)10-13(12)18(3)24(6,20)21/h9-11H,7-8H2,1-6H3,(H,17,19)/t11-/m0/s1. The molecule has 0 fully saturated rings. The molecule has 0 saturated carbocycles. The van der Waals surface area contributed by atoms with Gasteiger partial charge in [-0.05, 0) is 19.4 Å². The van der Waals surface area contributed by atoms with Crippen LogP contribution in [0.1, 0.15) is 37.0 Å². The van der Waals surface area contributed by atoms with Crippen LogP contribution in [0, 0.1) is 0 Å². The second-order valence-corrected chi connectivity index (χ2v) is 7.63. The second kappa shape index (κ2) is 8.23.